The van der Waals surface area contributed by atoms with Crippen LogP contribution >= 0.6 is 0 Å². The van der Waals surface area contributed by atoms with Crippen molar-refractivity contribution in [3.8, 4) is 5.75 Å². The minimum Gasteiger partial charge on any atom is -0.493 e. The first kappa shape index (κ1) is 11.4. The molecule has 0 aliphatic carbocycles. The van der Waals surface area contributed by atoms with E-state index in [0.717, 1.165) is 44.0 Å². The molecule has 0 bridgehead atoms. The average Bonchev–Trinajstić information content (AvgIpc) is 2.38. The molecule has 1 aliphatic heterocycles. The Morgan fingerprint density at radius 2 is 1.88 bits per heavy atom. The third kappa shape index (κ3) is 3.22. The Kier molecular flexibility index (Phi) is 4.19. The Morgan fingerprint density at radius 3 is 2.50 bits per heavy atom. The van der Waals surface area contributed by atoms with Gasteiger partial charge in [0.1, 0.15) is 5.75 Å². The van der Waals surface area contributed by atoms with Gasteiger partial charge in [-0.25, -0.2) is 0 Å². The highest BCUT2D eigenvalue weighted by atomic mass is 16.5. The molecule has 1 saturated heterocycles. The van der Waals surface area contributed by atoms with Crippen molar-refractivity contribution in [2.45, 2.75) is 19.4 Å². The molecular weight excluding hydrogens is 202 g/mol. The zero-order chi connectivity index (χ0) is 11.2. The Bertz CT molecular complexity index is 304. The molecule has 2 N–H and O–H groups in total. The Balaban J connectivity index is 1.79. The number of nitrogens with two attached hydrogens (primary N) is 1. The van der Waals surface area contributed by atoms with E-state index in [2.05, 4.69) is 0 Å². The molecule has 0 radical (unpaired) electrons. The molecule has 1 aliphatic rings. The zero-order valence-corrected chi connectivity index (χ0v) is 9.52. The molecule has 0 saturated carbocycles. The van der Waals surface area contributed by atoms with Crippen molar-refractivity contribution < 1.29 is 9.47 Å². The lowest BCUT2D eigenvalue weighted by Crippen LogP contribution is -2.21. The highest BCUT2D eigenvalue weighted by Gasteiger charge is 2.14. The largest absolute Gasteiger partial charge is 0.493 e. The lowest BCUT2D eigenvalue weighted by molar-refractivity contribution is 0.0497. The molecule has 2 rings (SSSR count). The normalized spacial score (nSPS) is 17.3. The topological polar surface area (TPSA) is 44.5 Å². The van der Waals surface area contributed by atoms with Crippen molar-refractivity contribution in [1.82, 2.24) is 0 Å². The van der Waals surface area contributed by atoms with Gasteiger partial charge in [0.2, 0.25) is 0 Å². The van der Waals surface area contributed by atoms with Crippen LogP contribution in [0.3, 0.4) is 0 Å². The highest BCUT2D eigenvalue weighted by molar-refractivity contribution is 5.27. The molecule has 0 unspecified atom stereocenters. The Labute approximate surface area is 96.5 Å². The summed E-state index contributed by atoms with van der Waals surface area (Å²) in [5, 5.41) is 0. The zero-order valence-electron chi connectivity index (χ0n) is 9.52. The van der Waals surface area contributed by atoms with Crippen molar-refractivity contribution in [2.75, 3.05) is 19.8 Å². The van der Waals surface area contributed by atoms with Crippen molar-refractivity contribution >= 4 is 0 Å². The summed E-state index contributed by atoms with van der Waals surface area (Å²) in [4.78, 5) is 0. The minimum absolute atomic E-state index is 0.584. The minimum atomic E-state index is 0.584. The van der Waals surface area contributed by atoms with E-state index in [4.69, 9.17) is 15.2 Å². The molecule has 3 heteroatoms. The summed E-state index contributed by atoms with van der Waals surface area (Å²) in [5.41, 5.74) is 6.67. The second kappa shape index (κ2) is 5.87. The van der Waals surface area contributed by atoms with Crippen molar-refractivity contribution in [3.05, 3.63) is 29.8 Å². The second-order valence-electron chi connectivity index (χ2n) is 4.21. The molecule has 1 aromatic carbocycles. The molecule has 3 nitrogen and oxygen atoms in total. The fourth-order valence-corrected chi connectivity index (χ4v) is 1.85. The van der Waals surface area contributed by atoms with Crippen molar-refractivity contribution in [1.29, 1.82) is 0 Å². The maximum Gasteiger partial charge on any atom is 0.119 e. The Morgan fingerprint density at radius 1 is 1.19 bits per heavy atom. The summed E-state index contributed by atoms with van der Waals surface area (Å²) in [7, 11) is 0. The van der Waals surface area contributed by atoms with Gasteiger partial charge < -0.3 is 15.2 Å². The first-order valence-corrected chi connectivity index (χ1v) is 5.88. The average molecular weight is 221 g/mol. The number of rotatable bonds is 4. The molecule has 1 heterocycles. The van der Waals surface area contributed by atoms with Crippen LogP contribution in [-0.2, 0) is 11.3 Å². The van der Waals surface area contributed by atoms with Crippen LogP contribution in [-0.4, -0.2) is 19.8 Å². The molecule has 0 atom stereocenters. The molecule has 0 aromatic heterocycles. The maximum atomic E-state index is 5.75. The van der Waals surface area contributed by atoms with Crippen LogP contribution in [0.25, 0.3) is 0 Å². The highest BCUT2D eigenvalue weighted by Crippen LogP contribution is 2.18. The second-order valence-corrected chi connectivity index (χ2v) is 4.21. The van der Waals surface area contributed by atoms with Crippen molar-refractivity contribution in [3.63, 3.8) is 0 Å². The van der Waals surface area contributed by atoms with Gasteiger partial charge in [0.05, 0.1) is 6.61 Å². The summed E-state index contributed by atoms with van der Waals surface area (Å²) in [6.45, 7) is 3.13. The lowest BCUT2D eigenvalue weighted by atomic mass is 10.0. The van der Waals surface area contributed by atoms with E-state index < -0.39 is 0 Å². The fourth-order valence-electron chi connectivity index (χ4n) is 1.85. The predicted molar refractivity (Wildman–Crippen MR) is 63.4 cm³/mol. The number of ether oxygens (including phenoxy) is 2. The van der Waals surface area contributed by atoms with Crippen molar-refractivity contribution in [2.24, 2.45) is 11.7 Å². The standard InChI is InChI=1S/C13H19NO2/c14-9-11-1-3-13(4-2-11)16-10-12-5-7-15-8-6-12/h1-4,12H,5-10,14H2. The third-order valence-corrected chi connectivity index (χ3v) is 2.99. The van der Waals surface area contributed by atoms with Gasteiger partial charge in [0.25, 0.3) is 0 Å². The predicted octanol–water partition coefficient (Wildman–Crippen LogP) is 1.95. The van der Waals surface area contributed by atoms with Gasteiger partial charge in [0.15, 0.2) is 0 Å². The summed E-state index contributed by atoms with van der Waals surface area (Å²) in [6.07, 6.45) is 2.22. The van der Waals surface area contributed by atoms with Crippen LogP contribution in [0.4, 0.5) is 0 Å². The SMILES string of the molecule is NCc1ccc(OCC2CCOCC2)cc1. The molecule has 0 amide bonds. The summed E-state index contributed by atoms with van der Waals surface area (Å²) in [6, 6.07) is 8.00. The van der Waals surface area contributed by atoms with E-state index in [1.807, 2.05) is 24.3 Å². The van der Waals surface area contributed by atoms with Gasteiger partial charge in [0, 0.05) is 19.8 Å². The first-order valence-electron chi connectivity index (χ1n) is 5.88. The van der Waals surface area contributed by atoms with Gasteiger partial charge >= 0.3 is 0 Å². The summed E-state index contributed by atoms with van der Waals surface area (Å²) in [5.74, 6) is 1.58. The molecule has 1 fully saturated rings. The van der Waals surface area contributed by atoms with Gasteiger partial charge in [-0.05, 0) is 36.5 Å². The van der Waals surface area contributed by atoms with Gasteiger partial charge in [-0.15, -0.1) is 0 Å². The van der Waals surface area contributed by atoms with E-state index in [9.17, 15) is 0 Å². The number of hydrogen-bond donors (Lipinski definition) is 1. The first-order chi connectivity index (χ1) is 7.88. The van der Waals surface area contributed by atoms with E-state index in [-0.39, 0.29) is 0 Å². The van der Waals surface area contributed by atoms with Gasteiger partial charge in [-0.1, -0.05) is 12.1 Å². The van der Waals surface area contributed by atoms with E-state index in [1.54, 1.807) is 0 Å². The summed E-state index contributed by atoms with van der Waals surface area (Å²) >= 11 is 0. The monoisotopic (exact) mass is 221 g/mol. The number of hydrogen-bond acceptors (Lipinski definition) is 3. The quantitative estimate of drug-likeness (QED) is 0.845. The molecular formula is C13H19NO2. The molecule has 1 aromatic rings. The number of benzene rings is 1. The van der Waals surface area contributed by atoms with E-state index in [1.165, 1.54) is 0 Å². The van der Waals surface area contributed by atoms with Gasteiger partial charge in [-0.3, -0.25) is 0 Å². The lowest BCUT2D eigenvalue weighted by Gasteiger charge is -2.22. The van der Waals surface area contributed by atoms with Crippen LogP contribution in [0.1, 0.15) is 18.4 Å². The Hall–Kier alpha value is -1.06. The van der Waals surface area contributed by atoms with Crippen LogP contribution in [0.15, 0.2) is 24.3 Å². The summed E-state index contributed by atoms with van der Waals surface area (Å²) < 4.78 is 11.1. The van der Waals surface area contributed by atoms with E-state index >= 15 is 0 Å². The van der Waals surface area contributed by atoms with Crippen LogP contribution in [0, 0.1) is 5.92 Å². The third-order valence-electron chi connectivity index (χ3n) is 2.99. The van der Waals surface area contributed by atoms with Crippen LogP contribution < -0.4 is 10.5 Å². The van der Waals surface area contributed by atoms with E-state index in [0.29, 0.717) is 12.5 Å². The molecule has 0 spiro atoms. The fraction of sp³-hybridized carbons (Fsp3) is 0.538. The smallest absolute Gasteiger partial charge is 0.119 e. The van der Waals surface area contributed by atoms with Crippen LogP contribution in [0.2, 0.25) is 0 Å². The molecule has 16 heavy (non-hydrogen) atoms. The van der Waals surface area contributed by atoms with Gasteiger partial charge in [-0.2, -0.15) is 0 Å². The molecule has 88 valence electrons. The van der Waals surface area contributed by atoms with Crippen LogP contribution in [0.5, 0.6) is 5.75 Å². The maximum absolute atomic E-state index is 5.75.